The van der Waals surface area contributed by atoms with Gasteiger partial charge >= 0.3 is 5.97 Å². The number of nitrogens with zero attached hydrogens (tertiary/aromatic N) is 1. The molecular formula is C30H55NO11. The molecule has 42 heavy (non-hydrogen) atoms. The van der Waals surface area contributed by atoms with Crippen LogP contribution in [0.2, 0.25) is 0 Å². The van der Waals surface area contributed by atoms with Gasteiger partial charge in [0.05, 0.1) is 48.1 Å². The first-order chi connectivity index (χ1) is 19.2. The lowest BCUT2D eigenvalue weighted by atomic mass is 9.73. The van der Waals surface area contributed by atoms with Crippen molar-refractivity contribution in [3.05, 3.63) is 0 Å². The number of aliphatic hydroxyl groups excluding tert-OH is 4. The fourth-order valence-electron chi connectivity index (χ4n) is 6.69. The van der Waals surface area contributed by atoms with Gasteiger partial charge in [-0.1, -0.05) is 27.7 Å². The number of hydrogen-bond acceptors (Lipinski definition) is 11. The van der Waals surface area contributed by atoms with E-state index in [9.17, 15) is 40.2 Å². The van der Waals surface area contributed by atoms with E-state index >= 15 is 0 Å². The van der Waals surface area contributed by atoms with Crippen molar-refractivity contribution in [3.63, 3.8) is 0 Å². The predicted molar refractivity (Wildman–Crippen MR) is 153 cm³/mol. The zero-order valence-corrected chi connectivity index (χ0v) is 26.8. The second-order valence-electron chi connectivity index (χ2n) is 13.3. The highest BCUT2D eigenvalue weighted by Gasteiger charge is 2.51. The van der Waals surface area contributed by atoms with Crippen molar-refractivity contribution in [1.82, 2.24) is 4.90 Å². The van der Waals surface area contributed by atoms with Crippen LogP contribution in [-0.2, 0) is 23.8 Å². The summed E-state index contributed by atoms with van der Waals surface area (Å²) < 4.78 is 17.8. The summed E-state index contributed by atoms with van der Waals surface area (Å²) in [6.07, 6.45) is -8.97. The van der Waals surface area contributed by atoms with Crippen molar-refractivity contribution < 1.29 is 54.4 Å². The fourth-order valence-corrected chi connectivity index (χ4v) is 6.69. The lowest BCUT2D eigenvalue weighted by Gasteiger charge is -2.47. The lowest BCUT2D eigenvalue weighted by Crippen LogP contribution is -2.60. The molecule has 0 aromatic rings. The highest BCUT2D eigenvalue weighted by Crippen LogP contribution is 2.38. The van der Waals surface area contributed by atoms with E-state index in [1.165, 1.54) is 32.6 Å². The maximum Gasteiger partial charge on any atom is 0.311 e. The number of hydrogen-bond donors (Lipinski definition) is 6. The van der Waals surface area contributed by atoms with Crippen molar-refractivity contribution in [2.24, 2.45) is 23.7 Å². The molecule has 2 saturated heterocycles. The number of carbonyl (C=O) groups excluding carboxylic acids is 2. The Morgan fingerprint density at radius 1 is 1.00 bits per heavy atom. The summed E-state index contributed by atoms with van der Waals surface area (Å²) in [6.45, 7) is 14.0. The molecule has 2 aliphatic rings. The Hall–Kier alpha value is -1.38. The van der Waals surface area contributed by atoms with Crippen molar-refractivity contribution in [2.75, 3.05) is 7.05 Å². The van der Waals surface area contributed by atoms with E-state index in [0.717, 1.165) is 0 Å². The maximum absolute atomic E-state index is 13.2. The number of likely N-dealkylation sites (N-methyl/N-ethyl adjacent to an activating group) is 1. The summed E-state index contributed by atoms with van der Waals surface area (Å²) >= 11 is 0. The summed E-state index contributed by atoms with van der Waals surface area (Å²) in [4.78, 5) is 26.7. The van der Waals surface area contributed by atoms with E-state index in [1.54, 1.807) is 41.7 Å². The summed E-state index contributed by atoms with van der Waals surface area (Å²) in [5.74, 6) is -4.64. The first-order valence-corrected chi connectivity index (χ1v) is 15.1. The molecule has 12 nitrogen and oxygen atoms in total. The molecule has 0 spiro atoms. The van der Waals surface area contributed by atoms with Crippen molar-refractivity contribution in [1.29, 1.82) is 0 Å². The molecule has 2 aliphatic heterocycles. The lowest BCUT2D eigenvalue weighted by molar-refractivity contribution is -0.299. The van der Waals surface area contributed by atoms with Crippen LogP contribution in [0.4, 0.5) is 0 Å². The smallest absolute Gasteiger partial charge is 0.311 e. The molecule has 0 aromatic heterocycles. The summed E-state index contributed by atoms with van der Waals surface area (Å²) in [6, 6.07) is -0.629. The van der Waals surface area contributed by atoms with Crippen LogP contribution >= 0.6 is 0 Å². The molecule has 2 rings (SSSR count). The molecule has 15 atom stereocenters. The average molecular weight is 606 g/mol. The number of rotatable bonds is 4. The molecule has 2 heterocycles. The highest BCUT2D eigenvalue weighted by molar-refractivity contribution is 5.73. The Kier molecular flexibility index (Phi) is 12.4. The zero-order chi connectivity index (χ0) is 32.5. The second-order valence-corrected chi connectivity index (χ2v) is 13.3. The Morgan fingerprint density at radius 3 is 2.10 bits per heavy atom. The maximum atomic E-state index is 13.2. The molecule has 6 N–H and O–H groups in total. The highest BCUT2D eigenvalue weighted by atomic mass is 16.7. The molecular weight excluding hydrogens is 550 g/mol. The van der Waals surface area contributed by atoms with Gasteiger partial charge in [0.25, 0.3) is 0 Å². The van der Waals surface area contributed by atoms with Crippen molar-refractivity contribution in [2.45, 2.75) is 148 Å². The second kappa shape index (κ2) is 14.2. The van der Waals surface area contributed by atoms with Crippen LogP contribution in [0, 0.1) is 23.7 Å². The van der Waals surface area contributed by atoms with Gasteiger partial charge in [0.15, 0.2) is 6.29 Å². The Bertz CT molecular complexity index is 914. The van der Waals surface area contributed by atoms with E-state index in [-0.39, 0.29) is 18.7 Å². The van der Waals surface area contributed by atoms with Gasteiger partial charge < -0.3 is 49.7 Å². The number of ether oxygens (including phenoxy) is 3. The van der Waals surface area contributed by atoms with Gasteiger partial charge in [-0.25, -0.2) is 0 Å². The van der Waals surface area contributed by atoms with Gasteiger partial charge in [0.2, 0.25) is 5.91 Å². The number of esters is 1. The monoisotopic (exact) mass is 605 g/mol. The molecule has 0 aliphatic carbocycles. The van der Waals surface area contributed by atoms with E-state index in [4.69, 9.17) is 14.2 Å². The average Bonchev–Trinajstić information content (AvgIpc) is 2.91. The minimum Gasteiger partial charge on any atom is -0.459 e. The molecule has 0 aromatic carbocycles. The third kappa shape index (κ3) is 7.82. The van der Waals surface area contributed by atoms with Gasteiger partial charge in [-0.2, -0.15) is 0 Å². The minimum atomic E-state index is -1.91. The third-order valence-electron chi connectivity index (χ3n) is 9.64. The quantitative estimate of drug-likeness (QED) is 0.246. The van der Waals surface area contributed by atoms with Crippen molar-refractivity contribution >= 4 is 11.9 Å². The summed E-state index contributed by atoms with van der Waals surface area (Å²) in [5.41, 5.74) is -3.66. The van der Waals surface area contributed by atoms with E-state index in [0.29, 0.717) is 6.42 Å². The van der Waals surface area contributed by atoms with Crippen LogP contribution in [-0.4, -0.2) is 121 Å². The van der Waals surface area contributed by atoms with Crippen LogP contribution in [0.3, 0.4) is 0 Å². The largest absolute Gasteiger partial charge is 0.459 e. The van der Waals surface area contributed by atoms with Crippen molar-refractivity contribution in [3.8, 4) is 0 Å². The van der Waals surface area contributed by atoms with Crippen LogP contribution in [0.25, 0.3) is 0 Å². The van der Waals surface area contributed by atoms with Crippen LogP contribution in [0.15, 0.2) is 0 Å². The van der Waals surface area contributed by atoms with Crippen LogP contribution < -0.4 is 0 Å². The van der Waals surface area contributed by atoms with Gasteiger partial charge in [0.1, 0.15) is 17.8 Å². The van der Waals surface area contributed by atoms with Gasteiger partial charge in [-0.3, -0.25) is 9.59 Å². The zero-order valence-electron chi connectivity index (χ0n) is 26.8. The Morgan fingerprint density at radius 2 is 1.57 bits per heavy atom. The fraction of sp³-hybridized carbons (Fsp3) is 0.933. The van der Waals surface area contributed by atoms with E-state index in [1.807, 2.05) is 0 Å². The third-order valence-corrected chi connectivity index (χ3v) is 9.64. The number of carbonyl (C=O) groups is 2. The minimum absolute atomic E-state index is 0.0692. The summed E-state index contributed by atoms with van der Waals surface area (Å²) in [5, 5.41) is 68.0. The molecule has 2 fully saturated rings. The van der Waals surface area contributed by atoms with Gasteiger partial charge in [-0.05, 0) is 52.9 Å². The van der Waals surface area contributed by atoms with Gasteiger partial charge in [0, 0.05) is 25.8 Å². The normalized spacial score (nSPS) is 48.2. The standard InChI is InChI=1S/C30H55NO11/c1-11-21-30(9,39)25(36)16(4)22(33)14(2)13-29(8,38)26(17(5)23(34)18(6)27(37)41-21)42-28-24(35)20(12-15(3)40-28)31(10)19(7)32/h14-18,20-26,28,33-36,38-39H,11-13H2,1-10H3/t14-,15-,16+,17+,18-,20+,21-,22+,23+,24-,25-,26-,28+,29-,30-/m1/s1. The number of aliphatic hydroxyl groups is 6. The first kappa shape index (κ1) is 36.8. The van der Waals surface area contributed by atoms with Crippen LogP contribution in [0.5, 0.6) is 0 Å². The van der Waals surface area contributed by atoms with E-state index in [2.05, 4.69) is 0 Å². The molecule has 0 saturated carbocycles. The van der Waals surface area contributed by atoms with E-state index < -0.39 is 95.9 Å². The molecule has 246 valence electrons. The number of cyclic esters (lactones) is 1. The molecule has 0 radical (unpaired) electrons. The number of amides is 1. The molecule has 0 bridgehead atoms. The summed E-state index contributed by atoms with van der Waals surface area (Å²) in [7, 11) is 1.57. The molecule has 12 heteroatoms. The SMILES string of the molecule is CC[C@H]1OC(=O)[C@H](C)[C@@H](O)[C@H](C)[C@@H](O[C@@H]2O[C@H](C)C[C@H](N(C)C(C)=O)[C@H]2O)[C@](C)(O)C[C@@H](C)[C@H](O)[C@H](C)[C@@H](O)[C@]1(C)O. The molecule has 1 amide bonds. The Labute approximate surface area is 249 Å². The molecule has 0 unspecified atom stereocenters. The Balaban J connectivity index is 2.55. The topological polar surface area (TPSA) is 186 Å². The first-order valence-electron chi connectivity index (χ1n) is 15.1. The van der Waals surface area contributed by atoms with Gasteiger partial charge in [-0.15, -0.1) is 0 Å². The van der Waals surface area contributed by atoms with Crippen LogP contribution in [0.1, 0.15) is 81.6 Å². The predicted octanol–water partition coefficient (Wildman–Crippen LogP) is 0.569.